The molecule has 0 aromatic heterocycles. The zero-order valence-electron chi connectivity index (χ0n) is 9.93. The van der Waals surface area contributed by atoms with Crippen LogP contribution in [0.15, 0.2) is 35.9 Å². The van der Waals surface area contributed by atoms with Gasteiger partial charge in [0.25, 0.3) is 11.8 Å². The fourth-order valence-electron chi connectivity index (χ4n) is 2.04. The number of carbonyl (C=O) groups excluding carboxylic acids is 2. The molecule has 94 valence electrons. The highest BCUT2D eigenvalue weighted by Gasteiger charge is 2.34. The van der Waals surface area contributed by atoms with Gasteiger partial charge >= 0.3 is 0 Å². The highest BCUT2D eigenvalue weighted by atomic mass is 35.5. The van der Waals surface area contributed by atoms with Crippen molar-refractivity contribution in [2.45, 2.75) is 19.3 Å². The summed E-state index contributed by atoms with van der Waals surface area (Å²) in [6.45, 7) is 0.475. The Hall–Kier alpha value is -1.61. The molecule has 0 bridgehead atoms. The SMILES string of the molecule is O=C1c2ccccc2C(=O)N1CCCCC=CCl. The lowest BCUT2D eigenvalue weighted by Crippen LogP contribution is -2.30. The topological polar surface area (TPSA) is 37.4 Å². The smallest absolute Gasteiger partial charge is 0.261 e. The van der Waals surface area contributed by atoms with E-state index in [1.165, 1.54) is 10.4 Å². The molecule has 4 heteroatoms. The number of rotatable bonds is 5. The highest BCUT2D eigenvalue weighted by Crippen LogP contribution is 2.22. The summed E-state index contributed by atoms with van der Waals surface area (Å²) in [5.74, 6) is -0.355. The van der Waals surface area contributed by atoms with E-state index in [9.17, 15) is 9.59 Å². The van der Waals surface area contributed by atoms with Gasteiger partial charge in [0, 0.05) is 12.1 Å². The summed E-state index contributed by atoms with van der Waals surface area (Å²) >= 11 is 5.42. The van der Waals surface area contributed by atoms with Crippen LogP contribution in [0.3, 0.4) is 0 Å². The minimum atomic E-state index is -0.177. The van der Waals surface area contributed by atoms with Crippen molar-refractivity contribution < 1.29 is 9.59 Å². The zero-order chi connectivity index (χ0) is 13.0. The lowest BCUT2D eigenvalue weighted by molar-refractivity contribution is 0.0652. The molecular weight excluding hydrogens is 250 g/mol. The van der Waals surface area contributed by atoms with Gasteiger partial charge in [-0.05, 0) is 31.4 Å². The average Bonchev–Trinajstić information content (AvgIpc) is 2.64. The molecular formula is C14H14ClNO2. The van der Waals surface area contributed by atoms with Gasteiger partial charge in [0.1, 0.15) is 0 Å². The first kappa shape index (κ1) is 12.8. The van der Waals surface area contributed by atoms with E-state index in [4.69, 9.17) is 11.6 Å². The Kier molecular flexibility index (Phi) is 4.15. The number of amides is 2. The van der Waals surface area contributed by atoms with Gasteiger partial charge in [-0.25, -0.2) is 0 Å². The van der Waals surface area contributed by atoms with Crippen LogP contribution in [0, 0.1) is 0 Å². The van der Waals surface area contributed by atoms with Crippen molar-refractivity contribution in [1.82, 2.24) is 4.90 Å². The Labute approximate surface area is 111 Å². The monoisotopic (exact) mass is 263 g/mol. The van der Waals surface area contributed by atoms with Gasteiger partial charge in [0.05, 0.1) is 11.1 Å². The van der Waals surface area contributed by atoms with Crippen molar-refractivity contribution in [3.8, 4) is 0 Å². The van der Waals surface area contributed by atoms with E-state index < -0.39 is 0 Å². The zero-order valence-corrected chi connectivity index (χ0v) is 10.7. The van der Waals surface area contributed by atoms with Crippen molar-refractivity contribution in [1.29, 1.82) is 0 Å². The van der Waals surface area contributed by atoms with Gasteiger partial charge < -0.3 is 0 Å². The molecule has 1 aromatic rings. The van der Waals surface area contributed by atoms with Gasteiger partial charge in [-0.15, -0.1) is 0 Å². The Morgan fingerprint density at radius 2 is 1.67 bits per heavy atom. The molecule has 1 aliphatic heterocycles. The van der Waals surface area contributed by atoms with Crippen molar-refractivity contribution in [2.24, 2.45) is 0 Å². The molecule has 18 heavy (non-hydrogen) atoms. The van der Waals surface area contributed by atoms with Gasteiger partial charge in [-0.1, -0.05) is 29.8 Å². The third-order valence-corrected chi connectivity index (χ3v) is 3.15. The first-order valence-electron chi connectivity index (χ1n) is 5.96. The predicted molar refractivity (Wildman–Crippen MR) is 70.7 cm³/mol. The predicted octanol–water partition coefficient (Wildman–Crippen LogP) is 3.21. The van der Waals surface area contributed by atoms with Crippen molar-refractivity contribution in [3.63, 3.8) is 0 Å². The van der Waals surface area contributed by atoms with Gasteiger partial charge in [0.15, 0.2) is 0 Å². The van der Waals surface area contributed by atoms with E-state index >= 15 is 0 Å². The van der Waals surface area contributed by atoms with Crippen LogP contribution in [-0.2, 0) is 0 Å². The maximum absolute atomic E-state index is 12.0. The second kappa shape index (κ2) is 5.83. The number of carbonyl (C=O) groups is 2. The fourth-order valence-corrected chi connectivity index (χ4v) is 2.16. The number of imide groups is 1. The van der Waals surface area contributed by atoms with E-state index in [2.05, 4.69) is 0 Å². The number of nitrogens with zero attached hydrogens (tertiary/aromatic N) is 1. The van der Waals surface area contributed by atoms with Crippen molar-refractivity contribution in [3.05, 3.63) is 47.0 Å². The van der Waals surface area contributed by atoms with Crippen LogP contribution in [0.2, 0.25) is 0 Å². The molecule has 3 nitrogen and oxygen atoms in total. The lowest BCUT2D eigenvalue weighted by Gasteiger charge is -2.12. The standard InChI is InChI=1S/C14H14ClNO2/c15-9-5-1-2-6-10-16-13(17)11-7-3-4-8-12(11)14(16)18/h3-5,7-9H,1-2,6,10H2. The summed E-state index contributed by atoms with van der Waals surface area (Å²) in [4.78, 5) is 25.3. The number of benzene rings is 1. The number of halogens is 1. The summed E-state index contributed by atoms with van der Waals surface area (Å²) in [5, 5.41) is 0. The summed E-state index contributed by atoms with van der Waals surface area (Å²) in [6.07, 6.45) is 4.44. The molecule has 0 saturated carbocycles. The molecule has 0 N–H and O–H groups in total. The highest BCUT2D eigenvalue weighted by molar-refractivity contribution is 6.25. The van der Waals surface area contributed by atoms with E-state index in [1.54, 1.807) is 24.3 Å². The lowest BCUT2D eigenvalue weighted by atomic mass is 10.1. The van der Waals surface area contributed by atoms with Gasteiger partial charge in [0.2, 0.25) is 0 Å². The molecule has 1 aliphatic rings. The normalized spacial score (nSPS) is 14.6. The van der Waals surface area contributed by atoms with Crippen molar-refractivity contribution in [2.75, 3.05) is 6.54 Å². The largest absolute Gasteiger partial charge is 0.274 e. The Bertz CT molecular complexity index is 461. The van der Waals surface area contributed by atoms with Crippen LogP contribution in [0.25, 0.3) is 0 Å². The molecule has 2 amide bonds. The molecule has 0 saturated heterocycles. The molecule has 1 aromatic carbocycles. The van der Waals surface area contributed by atoms with Gasteiger partial charge in [-0.3, -0.25) is 14.5 Å². The quantitative estimate of drug-likeness (QED) is 0.604. The Morgan fingerprint density at radius 1 is 1.06 bits per heavy atom. The maximum atomic E-state index is 12.0. The van der Waals surface area contributed by atoms with E-state index in [0.29, 0.717) is 17.7 Å². The molecule has 0 fully saturated rings. The number of hydrogen-bond donors (Lipinski definition) is 0. The number of fused-ring (bicyclic) bond motifs is 1. The van der Waals surface area contributed by atoms with Crippen LogP contribution in [0.1, 0.15) is 40.0 Å². The molecule has 0 unspecified atom stereocenters. The summed E-state index contributed by atoms with van der Waals surface area (Å²) < 4.78 is 0. The van der Waals surface area contributed by atoms with Crippen molar-refractivity contribution >= 4 is 23.4 Å². The van der Waals surface area contributed by atoms with Crippen LogP contribution >= 0.6 is 11.6 Å². The Balaban J connectivity index is 1.96. The third kappa shape index (κ3) is 2.46. The number of allylic oxidation sites excluding steroid dienone is 1. The fraction of sp³-hybridized carbons (Fsp3) is 0.286. The first-order chi connectivity index (χ1) is 8.75. The minimum absolute atomic E-state index is 0.177. The van der Waals surface area contributed by atoms with Gasteiger partial charge in [-0.2, -0.15) is 0 Å². The number of unbranched alkanes of at least 4 members (excludes halogenated alkanes) is 2. The summed E-state index contributed by atoms with van der Waals surface area (Å²) in [7, 11) is 0. The van der Waals surface area contributed by atoms with Crippen LogP contribution in [0.4, 0.5) is 0 Å². The van der Waals surface area contributed by atoms with E-state index in [-0.39, 0.29) is 11.8 Å². The Morgan fingerprint density at radius 3 is 2.22 bits per heavy atom. The third-order valence-electron chi connectivity index (χ3n) is 2.97. The van der Waals surface area contributed by atoms with E-state index in [0.717, 1.165) is 19.3 Å². The van der Waals surface area contributed by atoms with Crippen LogP contribution < -0.4 is 0 Å². The van der Waals surface area contributed by atoms with Crippen LogP contribution in [-0.4, -0.2) is 23.3 Å². The molecule has 0 aliphatic carbocycles. The molecule has 0 spiro atoms. The maximum Gasteiger partial charge on any atom is 0.261 e. The second-order valence-corrected chi connectivity index (χ2v) is 4.42. The van der Waals surface area contributed by atoms with E-state index in [1.807, 2.05) is 6.08 Å². The molecule has 2 rings (SSSR count). The average molecular weight is 264 g/mol. The van der Waals surface area contributed by atoms with Crippen LogP contribution in [0.5, 0.6) is 0 Å². The molecule has 0 atom stereocenters. The molecule has 0 radical (unpaired) electrons. The second-order valence-electron chi connectivity index (χ2n) is 4.16. The first-order valence-corrected chi connectivity index (χ1v) is 6.40. The number of hydrogen-bond acceptors (Lipinski definition) is 2. The minimum Gasteiger partial charge on any atom is -0.274 e. The molecule has 1 heterocycles. The summed E-state index contributed by atoms with van der Waals surface area (Å²) in [5.41, 5.74) is 2.52. The summed E-state index contributed by atoms with van der Waals surface area (Å²) in [6, 6.07) is 6.95.